The Labute approximate surface area is 135 Å². The van der Waals surface area contributed by atoms with E-state index in [1.54, 1.807) is 0 Å². The van der Waals surface area contributed by atoms with Crippen molar-refractivity contribution in [2.75, 3.05) is 27.3 Å². The molecule has 0 saturated carbocycles. The number of benzene rings is 1. The van der Waals surface area contributed by atoms with Crippen LogP contribution in [-0.2, 0) is 24.3 Å². The molecule has 0 aliphatic rings. The van der Waals surface area contributed by atoms with E-state index in [-0.39, 0.29) is 30.3 Å². The lowest BCUT2D eigenvalue weighted by Crippen LogP contribution is -2.36. The number of ether oxygens (including phenoxy) is 2. The van der Waals surface area contributed by atoms with Gasteiger partial charge < -0.3 is 14.8 Å². The molecule has 1 rings (SSSR count). The lowest BCUT2D eigenvalue weighted by atomic mass is 10.4. The molecule has 0 saturated heterocycles. The maximum absolute atomic E-state index is 12.0. The van der Waals surface area contributed by atoms with Gasteiger partial charge in [-0.1, -0.05) is 11.6 Å². The fourth-order valence-corrected chi connectivity index (χ4v) is 2.70. The van der Waals surface area contributed by atoms with Gasteiger partial charge in [-0.05, 0) is 24.3 Å². The number of carbonyl (C=O) groups excluding carboxylic acids is 1. The van der Waals surface area contributed by atoms with E-state index < -0.39 is 16.3 Å². The number of halogens is 1. The summed E-state index contributed by atoms with van der Waals surface area (Å²) >= 11 is 5.70. The van der Waals surface area contributed by atoms with Gasteiger partial charge >= 0.3 is 0 Å². The number of carbonyl (C=O) groups is 1. The average molecular weight is 351 g/mol. The molecule has 0 aliphatic heterocycles. The van der Waals surface area contributed by atoms with Crippen molar-refractivity contribution in [1.82, 2.24) is 10.0 Å². The molecule has 1 amide bonds. The first-order valence-electron chi connectivity index (χ1n) is 6.46. The zero-order chi connectivity index (χ0) is 16.6. The predicted molar refractivity (Wildman–Crippen MR) is 82.1 cm³/mol. The second-order valence-electron chi connectivity index (χ2n) is 4.31. The van der Waals surface area contributed by atoms with E-state index in [1.807, 2.05) is 0 Å². The van der Waals surface area contributed by atoms with Gasteiger partial charge in [0.05, 0.1) is 11.4 Å². The summed E-state index contributed by atoms with van der Waals surface area (Å²) in [7, 11) is -0.734. The van der Waals surface area contributed by atoms with Gasteiger partial charge in [0.1, 0.15) is 0 Å². The van der Waals surface area contributed by atoms with Crippen molar-refractivity contribution in [3.63, 3.8) is 0 Å². The molecule has 0 atom stereocenters. The van der Waals surface area contributed by atoms with E-state index in [9.17, 15) is 13.2 Å². The zero-order valence-electron chi connectivity index (χ0n) is 12.3. The molecule has 0 spiro atoms. The molecule has 0 aromatic heterocycles. The number of nitrogens with one attached hydrogen (secondary N) is 2. The van der Waals surface area contributed by atoms with Crippen molar-refractivity contribution >= 4 is 27.5 Å². The molecule has 0 radical (unpaired) electrons. The quantitative estimate of drug-likeness (QED) is 0.641. The summed E-state index contributed by atoms with van der Waals surface area (Å²) < 4.78 is 36.1. The molecule has 7 nitrogen and oxygen atoms in total. The summed E-state index contributed by atoms with van der Waals surface area (Å²) in [6.07, 6.45) is -0.526. The lowest BCUT2D eigenvalue weighted by molar-refractivity contribution is -0.127. The van der Waals surface area contributed by atoms with Crippen molar-refractivity contribution < 1.29 is 22.7 Å². The fourth-order valence-electron chi connectivity index (χ4n) is 1.54. The van der Waals surface area contributed by atoms with Crippen molar-refractivity contribution in [2.24, 2.45) is 0 Å². The smallest absolute Gasteiger partial charge is 0.240 e. The number of sulfonamides is 1. The Morgan fingerprint density at radius 2 is 1.82 bits per heavy atom. The van der Waals surface area contributed by atoms with E-state index in [0.29, 0.717) is 5.02 Å². The zero-order valence-corrected chi connectivity index (χ0v) is 13.9. The third-order valence-corrected chi connectivity index (χ3v) is 4.49. The minimum absolute atomic E-state index is 0.00691. The first-order chi connectivity index (χ1) is 10.4. The Morgan fingerprint density at radius 1 is 1.23 bits per heavy atom. The molecular weight excluding hydrogens is 332 g/mol. The lowest BCUT2D eigenvalue weighted by Gasteiger charge is -2.14. The number of rotatable bonds is 9. The molecule has 9 heteroatoms. The van der Waals surface area contributed by atoms with Crippen LogP contribution in [0.3, 0.4) is 0 Å². The maximum Gasteiger partial charge on any atom is 0.240 e. The van der Waals surface area contributed by atoms with Crippen molar-refractivity contribution in [1.29, 1.82) is 0 Å². The van der Waals surface area contributed by atoms with Crippen LogP contribution in [0.15, 0.2) is 29.2 Å². The first kappa shape index (κ1) is 18.9. The summed E-state index contributed by atoms with van der Waals surface area (Å²) in [4.78, 5) is 11.7. The van der Waals surface area contributed by atoms with E-state index in [1.165, 1.54) is 38.5 Å². The van der Waals surface area contributed by atoms with Gasteiger partial charge in [-0.25, -0.2) is 13.1 Å². The number of methoxy groups -OCH3 is 2. The highest BCUT2D eigenvalue weighted by atomic mass is 35.5. The Hall–Kier alpha value is -1.19. The van der Waals surface area contributed by atoms with E-state index in [4.69, 9.17) is 21.1 Å². The minimum Gasteiger partial charge on any atom is -0.354 e. The van der Waals surface area contributed by atoms with Gasteiger partial charge in [0.25, 0.3) is 0 Å². The standard InChI is InChI=1S/C13H19ClN2O5S/c1-20-13(21-2)9-15-12(17)7-8-16-22(18,19)11-5-3-10(14)4-6-11/h3-6,13,16H,7-9H2,1-2H3,(H,15,17). The summed E-state index contributed by atoms with van der Waals surface area (Å²) in [6.45, 7) is 0.178. The maximum atomic E-state index is 12.0. The molecule has 0 heterocycles. The van der Waals surface area contributed by atoms with Crippen LogP contribution in [0.25, 0.3) is 0 Å². The molecule has 0 unspecified atom stereocenters. The molecule has 22 heavy (non-hydrogen) atoms. The van der Waals surface area contributed by atoms with Crippen LogP contribution < -0.4 is 10.0 Å². The Morgan fingerprint density at radius 3 is 2.36 bits per heavy atom. The van der Waals surface area contributed by atoms with Gasteiger partial charge in [-0.15, -0.1) is 0 Å². The third kappa shape index (κ3) is 6.29. The summed E-state index contributed by atoms with van der Waals surface area (Å²) in [6, 6.07) is 5.76. The van der Waals surface area contributed by atoms with Crippen molar-refractivity contribution in [3.8, 4) is 0 Å². The Kier molecular flexibility index (Phi) is 7.77. The van der Waals surface area contributed by atoms with Gasteiger partial charge in [-0.3, -0.25) is 4.79 Å². The average Bonchev–Trinajstić information content (AvgIpc) is 2.48. The minimum atomic E-state index is -3.65. The van der Waals surface area contributed by atoms with Crippen molar-refractivity contribution in [3.05, 3.63) is 29.3 Å². The highest BCUT2D eigenvalue weighted by Crippen LogP contribution is 2.13. The van der Waals surface area contributed by atoms with E-state index >= 15 is 0 Å². The van der Waals surface area contributed by atoms with Crippen LogP contribution in [0, 0.1) is 0 Å². The predicted octanol–water partition coefficient (Wildman–Crippen LogP) is 0.744. The summed E-state index contributed by atoms with van der Waals surface area (Å²) in [5, 5.41) is 3.03. The Balaban J connectivity index is 2.39. The van der Waals surface area contributed by atoms with Crippen LogP contribution in [0.5, 0.6) is 0 Å². The third-order valence-electron chi connectivity index (χ3n) is 2.76. The van der Waals surface area contributed by atoms with Crippen molar-refractivity contribution in [2.45, 2.75) is 17.6 Å². The fraction of sp³-hybridized carbons (Fsp3) is 0.462. The number of amides is 1. The van der Waals surface area contributed by atoms with Gasteiger partial charge in [0.15, 0.2) is 6.29 Å². The highest BCUT2D eigenvalue weighted by Gasteiger charge is 2.14. The number of hydrogen-bond donors (Lipinski definition) is 2. The molecule has 124 valence electrons. The summed E-state index contributed by atoms with van der Waals surface area (Å²) in [5.41, 5.74) is 0. The second-order valence-corrected chi connectivity index (χ2v) is 6.51. The van der Waals surface area contributed by atoms with Gasteiger partial charge in [0, 0.05) is 32.2 Å². The molecule has 1 aromatic carbocycles. The monoisotopic (exact) mass is 350 g/mol. The second kappa shape index (κ2) is 9.06. The van der Waals surface area contributed by atoms with Gasteiger partial charge in [-0.2, -0.15) is 0 Å². The molecule has 0 fully saturated rings. The largest absolute Gasteiger partial charge is 0.354 e. The van der Waals surface area contributed by atoms with Crippen LogP contribution in [0.4, 0.5) is 0 Å². The highest BCUT2D eigenvalue weighted by molar-refractivity contribution is 7.89. The SMILES string of the molecule is COC(CNC(=O)CCNS(=O)(=O)c1ccc(Cl)cc1)OC. The van der Waals surface area contributed by atoms with Gasteiger partial charge in [0.2, 0.25) is 15.9 Å². The van der Waals surface area contributed by atoms with Crippen LogP contribution >= 0.6 is 11.6 Å². The van der Waals surface area contributed by atoms with E-state index in [2.05, 4.69) is 10.0 Å². The molecular formula is C13H19ClN2O5S. The molecule has 0 aliphatic carbocycles. The normalized spacial score (nSPS) is 11.6. The van der Waals surface area contributed by atoms with E-state index in [0.717, 1.165) is 0 Å². The number of hydrogen-bond acceptors (Lipinski definition) is 5. The first-order valence-corrected chi connectivity index (χ1v) is 8.32. The van der Waals surface area contributed by atoms with Crippen LogP contribution in [0.1, 0.15) is 6.42 Å². The van der Waals surface area contributed by atoms with Crippen LogP contribution in [-0.4, -0.2) is 47.9 Å². The molecule has 2 N–H and O–H groups in total. The van der Waals surface area contributed by atoms with Crippen LogP contribution in [0.2, 0.25) is 5.02 Å². The topological polar surface area (TPSA) is 93.7 Å². The summed E-state index contributed by atoms with van der Waals surface area (Å²) in [5.74, 6) is -0.307. The molecule has 1 aromatic rings. The Bertz CT molecular complexity index is 573. The molecule has 0 bridgehead atoms.